The van der Waals surface area contributed by atoms with Gasteiger partial charge in [-0.05, 0) is 18.6 Å². The molecule has 102 valence electrons. The Balaban J connectivity index is 2.11. The molecule has 0 aliphatic rings. The van der Waals surface area contributed by atoms with Gasteiger partial charge in [0.1, 0.15) is 5.56 Å². The van der Waals surface area contributed by atoms with E-state index in [2.05, 4.69) is 5.32 Å². The molecule has 0 saturated heterocycles. The average molecular weight is 270 g/mol. The first-order valence-corrected chi connectivity index (χ1v) is 6.15. The molecule has 0 radical (unpaired) electrons. The summed E-state index contributed by atoms with van der Waals surface area (Å²) < 4.78 is 0. The van der Waals surface area contributed by atoms with Gasteiger partial charge in [-0.25, -0.2) is 0 Å². The minimum absolute atomic E-state index is 0.0742. The molecule has 0 aromatic heterocycles. The number of rotatable bonds is 4. The van der Waals surface area contributed by atoms with Crippen LogP contribution in [-0.4, -0.2) is 10.8 Å². The first kappa shape index (κ1) is 13.7. The molecule has 5 nitrogen and oxygen atoms in total. The van der Waals surface area contributed by atoms with Crippen LogP contribution in [0.3, 0.4) is 0 Å². The summed E-state index contributed by atoms with van der Waals surface area (Å²) in [6.07, 6.45) is 0. The average Bonchev–Trinajstić information content (AvgIpc) is 2.45. The van der Waals surface area contributed by atoms with Crippen LogP contribution < -0.4 is 5.32 Å². The zero-order valence-electron chi connectivity index (χ0n) is 11.0. The molecule has 0 aliphatic heterocycles. The Bertz CT molecular complexity index is 653. The third kappa shape index (κ3) is 3.20. The normalized spacial score (nSPS) is 10.1. The van der Waals surface area contributed by atoms with E-state index in [-0.39, 0.29) is 11.3 Å². The Morgan fingerprint density at radius 2 is 1.95 bits per heavy atom. The molecule has 0 atom stereocenters. The van der Waals surface area contributed by atoms with Gasteiger partial charge in [0, 0.05) is 12.6 Å². The first-order chi connectivity index (χ1) is 9.58. The molecule has 2 aromatic rings. The summed E-state index contributed by atoms with van der Waals surface area (Å²) in [7, 11) is 0. The van der Waals surface area contributed by atoms with E-state index in [1.807, 2.05) is 31.2 Å². The third-order valence-electron chi connectivity index (χ3n) is 2.88. The van der Waals surface area contributed by atoms with E-state index in [1.165, 1.54) is 18.2 Å². The van der Waals surface area contributed by atoms with Crippen molar-refractivity contribution in [2.45, 2.75) is 13.5 Å². The van der Waals surface area contributed by atoms with E-state index < -0.39 is 10.8 Å². The Morgan fingerprint density at radius 1 is 1.20 bits per heavy atom. The van der Waals surface area contributed by atoms with E-state index in [0.717, 1.165) is 11.1 Å². The van der Waals surface area contributed by atoms with Crippen molar-refractivity contribution in [1.82, 2.24) is 5.32 Å². The van der Waals surface area contributed by atoms with Crippen LogP contribution >= 0.6 is 0 Å². The van der Waals surface area contributed by atoms with Gasteiger partial charge >= 0.3 is 0 Å². The predicted molar refractivity (Wildman–Crippen MR) is 75.4 cm³/mol. The number of nitro benzene ring substituents is 1. The topological polar surface area (TPSA) is 72.2 Å². The number of carbonyl (C=O) groups excluding carboxylic acids is 1. The van der Waals surface area contributed by atoms with Gasteiger partial charge in [0.15, 0.2) is 0 Å². The standard InChI is InChI=1S/C15H14N2O3/c1-11-5-4-6-12(9-11)10-16-15(18)13-7-2-3-8-14(13)17(19)20/h2-9H,10H2,1H3,(H,16,18). The molecule has 0 saturated carbocycles. The highest BCUT2D eigenvalue weighted by Crippen LogP contribution is 2.17. The Morgan fingerprint density at radius 3 is 2.65 bits per heavy atom. The van der Waals surface area contributed by atoms with Gasteiger partial charge < -0.3 is 5.32 Å². The summed E-state index contributed by atoms with van der Waals surface area (Å²) in [5.41, 5.74) is 1.94. The van der Waals surface area contributed by atoms with Gasteiger partial charge in [0.2, 0.25) is 0 Å². The molecule has 5 heteroatoms. The number of para-hydroxylation sites is 1. The van der Waals surface area contributed by atoms with Crippen LogP contribution in [0.5, 0.6) is 0 Å². The summed E-state index contributed by atoms with van der Waals surface area (Å²) in [5, 5.41) is 13.6. The Hall–Kier alpha value is -2.69. The lowest BCUT2D eigenvalue weighted by Crippen LogP contribution is -2.23. The van der Waals surface area contributed by atoms with Gasteiger partial charge in [-0.15, -0.1) is 0 Å². The number of carbonyl (C=O) groups is 1. The fraction of sp³-hybridized carbons (Fsp3) is 0.133. The fourth-order valence-electron chi connectivity index (χ4n) is 1.92. The van der Waals surface area contributed by atoms with Gasteiger partial charge in [-0.1, -0.05) is 42.0 Å². The molecule has 0 fully saturated rings. The van der Waals surface area contributed by atoms with Crippen molar-refractivity contribution in [2.75, 3.05) is 0 Å². The molecule has 0 spiro atoms. The summed E-state index contributed by atoms with van der Waals surface area (Å²) in [4.78, 5) is 22.3. The van der Waals surface area contributed by atoms with Crippen molar-refractivity contribution in [3.63, 3.8) is 0 Å². The van der Waals surface area contributed by atoms with Gasteiger partial charge in [-0.3, -0.25) is 14.9 Å². The highest BCUT2D eigenvalue weighted by Gasteiger charge is 2.18. The number of nitrogens with one attached hydrogen (secondary N) is 1. The van der Waals surface area contributed by atoms with E-state index in [1.54, 1.807) is 6.07 Å². The maximum atomic E-state index is 12.0. The fourth-order valence-corrected chi connectivity index (χ4v) is 1.92. The Kier molecular flexibility index (Phi) is 4.10. The van der Waals surface area contributed by atoms with E-state index in [4.69, 9.17) is 0 Å². The SMILES string of the molecule is Cc1cccc(CNC(=O)c2ccccc2[N+](=O)[O-])c1. The number of hydrogen-bond donors (Lipinski definition) is 1. The van der Waals surface area contributed by atoms with E-state index >= 15 is 0 Å². The molecule has 1 amide bonds. The minimum Gasteiger partial charge on any atom is -0.348 e. The van der Waals surface area contributed by atoms with E-state index in [9.17, 15) is 14.9 Å². The molecule has 1 N–H and O–H groups in total. The van der Waals surface area contributed by atoms with Crippen molar-refractivity contribution >= 4 is 11.6 Å². The second-order valence-electron chi connectivity index (χ2n) is 4.45. The first-order valence-electron chi connectivity index (χ1n) is 6.15. The number of nitro groups is 1. The lowest BCUT2D eigenvalue weighted by atomic mass is 10.1. The zero-order chi connectivity index (χ0) is 14.5. The quantitative estimate of drug-likeness (QED) is 0.685. The molecule has 2 rings (SSSR count). The number of nitrogens with zero attached hydrogens (tertiary/aromatic N) is 1. The Labute approximate surface area is 116 Å². The van der Waals surface area contributed by atoms with Crippen LogP contribution in [0.25, 0.3) is 0 Å². The van der Waals surface area contributed by atoms with Gasteiger partial charge in [-0.2, -0.15) is 0 Å². The summed E-state index contributed by atoms with van der Waals surface area (Å²) >= 11 is 0. The summed E-state index contributed by atoms with van der Waals surface area (Å²) in [6, 6.07) is 13.6. The molecule has 0 unspecified atom stereocenters. The monoisotopic (exact) mass is 270 g/mol. The molecule has 0 heterocycles. The molecule has 20 heavy (non-hydrogen) atoms. The number of aryl methyl sites for hydroxylation is 1. The molecular formula is C15H14N2O3. The molecular weight excluding hydrogens is 256 g/mol. The number of hydrogen-bond acceptors (Lipinski definition) is 3. The van der Waals surface area contributed by atoms with Gasteiger partial charge in [0.25, 0.3) is 11.6 Å². The van der Waals surface area contributed by atoms with Crippen LogP contribution in [0.2, 0.25) is 0 Å². The summed E-state index contributed by atoms with van der Waals surface area (Å²) in [5.74, 6) is -0.446. The maximum Gasteiger partial charge on any atom is 0.282 e. The van der Waals surface area contributed by atoms with Gasteiger partial charge in [0.05, 0.1) is 4.92 Å². The van der Waals surface area contributed by atoms with Crippen molar-refractivity contribution in [3.8, 4) is 0 Å². The van der Waals surface area contributed by atoms with Crippen molar-refractivity contribution in [3.05, 3.63) is 75.3 Å². The highest BCUT2D eigenvalue weighted by atomic mass is 16.6. The number of benzene rings is 2. The molecule has 0 aliphatic carbocycles. The smallest absolute Gasteiger partial charge is 0.282 e. The van der Waals surface area contributed by atoms with Crippen molar-refractivity contribution in [1.29, 1.82) is 0 Å². The lowest BCUT2D eigenvalue weighted by molar-refractivity contribution is -0.385. The van der Waals surface area contributed by atoms with Crippen LogP contribution in [0.15, 0.2) is 48.5 Å². The van der Waals surface area contributed by atoms with Crippen LogP contribution in [0.4, 0.5) is 5.69 Å². The van der Waals surface area contributed by atoms with Crippen LogP contribution in [0.1, 0.15) is 21.5 Å². The second kappa shape index (κ2) is 5.97. The third-order valence-corrected chi connectivity index (χ3v) is 2.88. The van der Waals surface area contributed by atoms with Crippen LogP contribution in [-0.2, 0) is 6.54 Å². The molecule has 2 aromatic carbocycles. The highest BCUT2D eigenvalue weighted by molar-refractivity contribution is 5.98. The molecule has 0 bridgehead atoms. The predicted octanol–water partition coefficient (Wildman–Crippen LogP) is 2.83. The van der Waals surface area contributed by atoms with Crippen LogP contribution in [0, 0.1) is 17.0 Å². The van der Waals surface area contributed by atoms with Crippen molar-refractivity contribution < 1.29 is 9.72 Å². The maximum absolute atomic E-state index is 12.0. The van der Waals surface area contributed by atoms with Crippen molar-refractivity contribution in [2.24, 2.45) is 0 Å². The largest absolute Gasteiger partial charge is 0.348 e. The van der Waals surface area contributed by atoms with E-state index in [0.29, 0.717) is 6.54 Å². The zero-order valence-corrected chi connectivity index (χ0v) is 11.0. The lowest BCUT2D eigenvalue weighted by Gasteiger charge is -2.06. The second-order valence-corrected chi connectivity index (χ2v) is 4.45. The summed E-state index contributed by atoms with van der Waals surface area (Å²) in [6.45, 7) is 2.31. The minimum atomic E-state index is -0.554. The number of amides is 1.